The monoisotopic (exact) mass is 352 g/mol. The van der Waals surface area contributed by atoms with Crippen molar-refractivity contribution in [3.05, 3.63) is 53.2 Å². The number of hydrogen-bond acceptors (Lipinski definition) is 7. The van der Waals surface area contributed by atoms with E-state index in [9.17, 15) is 0 Å². The smallest absolute Gasteiger partial charge is 0.200 e. The highest BCUT2D eigenvalue weighted by molar-refractivity contribution is 7.09. The summed E-state index contributed by atoms with van der Waals surface area (Å²) in [6.07, 6.45) is 3.40. The second kappa shape index (κ2) is 6.48. The number of ether oxygens (including phenoxy) is 1. The predicted molar refractivity (Wildman–Crippen MR) is 96.9 cm³/mol. The van der Waals surface area contributed by atoms with Crippen LogP contribution in [-0.4, -0.2) is 31.9 Å². The first-order valence-corrected chi connectivity index (χ1v) is 8.64. The molecule has 0 saturated carbocycles. The van der Waals surface area contributed by atoms with E-state index in [1.807, 2.05) is 35.7 Å². The zero-order chi connectivity index (χ0) is 17.2. The number of thiazole rings is 1. The van der Waals surface area contributed by atoms with Crippen LogP contribution >= 0.6 is 11.3 Å². The molecule has 1 aromatic carbocycles. The quantitative estimate of drug-likeness (QED) is 0.593. The number of nitrogens with one attached hydrogen (secondary N) is 1. The first kappa shape index (κ1) is 15.5. The normalized spacial score (nSPS) is 12.2. The molecule has 0 aliphatic rings. The van der Waals surface area contributed by atoms with E-state index in [0.29, 0.717) is 5.65 Å². The minimum atomic E-state index is 0.0617. The van der Waals surface area contributed by atoms with Crippen LogP contribution in [0.1, 0.15) is 18.0 Å². The zero-order valence-electron chi connectivity index (χ0n) is 13.7. The Bertz CT molecular complexity index is 980. The minimum Gasteiger partial charge on any atom is -0.497 e. The SMILES string of the molecule is COc1ccc(-c2cc(NC(C)c3nccs3)c3nncn3n2)cc1. The second-order valence-corrected chi connectivity index (χ2v) is 6.43. The van der Waals surface area contributed by atoms with Gasteiger partial charge < -0.3 is 10.1 Å². The summed E-state index contributed by atoms with van der Waals surface area (Å²) in [5, 5.41) is 19.2. The van der Waals surface area contributed by atoms with Gasteiger partial charge in [0.05, 0.1) is 24.5 Å². The molecule has 4 rings (SSSR count). The van der Waals surface area contributed by atoms with Gasteiger partial charge in [-0.05, 0) is 37.3 Å². The number of nitrogens with zero attached hydrogens (tertiary/aromatic N) is 5. The van der Waals surface area contributed by atoms with Crippen LogP contribution in [0.4, 0.5) is 5.69 Å². The first-order valence-electron chi connectivity index (χ1n) is 7.76. The molecule has 0 bridgehead atoms. The molecule has 0 radical (unpaired) electrons. The number of hydrogen-bond donors (Lipinski definition) is 1. The topological polar surface area (TPSA) is 77.2 Å². The fraction of sp³-hybridized carbons (Fsp3) is 0.176. The van der Waals surface area contributed by atoms with Crippen molar-refractivity contribution < 1.29 is 4.74 Å². The second-order valence-electron chi connectivity index (χ2n) is 5.51. The van der Waals surface area contributed by atoms with Crippen LogP contribution in [0.5, 0.6) is 5.75 Å². The Hall–Kier alpha value is -3.00. The molecule has 0 aliphatic heterocycles. The van der Waals surface area contributed by atoms with Gasteiger partial charge in [-0.3, -0.25) is 0 Å². The molecule has 3 aromatic heterocycles. The van der Waals surface area contributed by atoms with Crippen LogP contribution in [-0.2, 0) is 0 Å². The molecule has 25 heavy (non-hydrogen) atoms. The maximum Gasteiger partial charge on any atom is 0.200 e. The maximum atomic E-state index is 5.22. The van der Waals surface area contributed by atoms with Gasteiger partial charge in [0.15, 0.2) is 0 Å². The van der Waals surface area contributed by atoms with Gasteiger partial charge in [-0.15, -0.1) is 21.5 Å². The summed E-state index contributed by atoms with van der Waals surface area (Å²) < 4.78 is 6.89. The lowest BCUT2D eigenvalue weighted by atomic mass is 10.1. The Morgan fingerprint density at radius 3 is 2.80 bits per heavy atom. The van der Waals surface area contributed by atoms with E-state index in [1.54, 1.807) is 35.5 Å². The van der Waals surface area contributed by atoms with Gasteiger partial charge in [0.25, 0.3) is 0 Å². The van der Waals surface area contributed by atoms with Crippen molar-refractivity contribution in [2.24, 2.45) is 0 Å². The van der Waals surface area contributed by atoms with Gasteiger partial charge in [-0.25, -0.2) is 4.98 Å². The molecule has 7 nitrogen and oxygen atoms in total. The number of benzene rings is 1. The Morgan fingerprint density at radius 1 is 1.24 bits per heavy atom. The van der Waals surface area contributed by atoms with Crippen LogP contribution < -0.4 is 10.1 Å². The van der Waals surface area contributed by atoms with Gasteiger partial charge in [0, 0.05) is 17.1 Å². The number of aromatic nitrogens is 5. The lowest BCUT2D eigenvalue weighted by Gasteiger charge is -2.14. The third kappa shape index (κ3) is 3.03. The van der Waals surface area contributed by atoms with E-state index >= 15 is 0 Å². The molecule has 0 fully saturated rings. The molecule has 4 aromatic rings. The largest absolute Gasteiger partial charge is 0.497 e. The van der Waals surface area contributed by atoms with E-state index in [-0.39, 0.29) is 6.04 Å². The Morgan fingerprint density at radius 2 is 2.08 bits per heavy atom. The molecule has 3 heterocycles. The van der Waals surface area contributed by atoms with E-state index in [0.717, 1.165) is 27.7 Å². The van der Waals surface area contributed by atoms with Crippen LogP contribution in [0, 0.1) is 0 Å². The lowest BCUT2D eigenvalue weighted by molar-refractivity contribution is 0.415. The number of anilines is 1. The van der Waals surface area contributed by atoms with Crippen LogP contribution in [0.25, 0.3) is 16.9 Å². The van der Waals surface area contributed by atoms with Crippen molar-refractivity contribution in [2.75, 3.05) is 12.4 Å². The molecular weight excluding hydrogens is 336 g/mol. The summed E-state index contributed by atoms with van der Waals surface area (Å²) in [7, 11) is 1.65. The Balaban J connectivity index is 1.73. The van der Waals surface area contributed by atoms with Crippen molar-refractivity contribution in [3.63, 3.8) is 0 Å². The van der Waals surface area contributed by atoms with E-state index in [1.165, 1.54) is 0 Å². The zero-order valence-corrected chi connectivity index (χ0v) is 14.6. The highest BCUT2D eigenvalue weighted by atomic mass is 32.1. The van der Waals surface area contributed by atoms with E-state index in [4.69, 9.17) is 4.74 Å². The summed E-state index contributed by atoms with van der Waals surface area (Å²) >= 11 is 1.62. The van der Waals surface area contributed by atoms with Gasteiger partial charge >= 0.3 is 0 Å². The van der Waals surface area contributed by atoms with Gasteiger partial charge in [0.1, 0.15) is 17.1 Å². The molecule has 0 spiro atoms. The van der Waals surface area contributed by atoms with E-state index in [2.05, 4.69) is 32.5 Å². The molecule has 1 unspecified atom stereocenters. The molecular formula is C17H16N6OS. The molecule has 0 amide bonds. The molecule has 126 valence electrons. The van der Waals surface area contributed by atoms with Crippen molar-refractivity contribution in [3.8, 4) is 17.0 Å². The summed E-state index contributed by atoms with van der Waals surface area (Å²) in [5.41, 5.74) is 3.35. The highest BCUT2D eigenvalue weighted by Gasteiger charge is 2.14. The summed E-state index contributed by atoms with van der Waals surface area (Å²) in [5.74, 6) is 0.810. The summed E-state index contributed by atoms with van der Waals surface area (Å²) in [6.45, 7) is 2.07. The van der Waals surface area contributed by atoms with Crippen LogP contribution in [0.15, 0.2) is 48.2 Å². The van der Waals surface area contributed by atoms with Gasteiger partial charge in [-0.2, -0.15) is 9.61 Å². The lowest BCUT2D eigenvalue weighted by Crippen LogP contribution is -2.09. The average molecular weight is 352 g/mol. The fourth-order valence-electron chi connectivity index (χ4n) is 2.58. The first-order chi connectivity index (χ1) is 12.2. The highest BCUT2D eigenvalue weighted by Crippen LogP contribution is 2.28. The molecule has 8 heteroatoms. The molecule has 0 saturated heterocycles. The number of methoxy groups -OCH3 is 1. The average Bonchev–Trinajstić information content (AvgIpc) is 3.33. The van der Waals surface area contributed by atoms with E-state index < -0.39 is 0 Å². The molecule has 1 atom stereocenters. The minimum absolute atomic E-state index is 0.0617. The fourth-order valence-corrected chi connectivity index (χ4v) is 3.22. The van der Waals surface area contributed by atoms with Crippen LogP contribution in [0.3, 0.4) is 0 Å². The van der Waals surface area contributed by atoms with Gasteiger partial charge in [-0.1, -0.05) is 0 Å². The van der Waals surface area contributed by atoms with Crippen molar-refractivity contribution in [1.82, 2.24) is 24.8 Å². The number of fused-ring (bicyclic) bond motifs is 1. The standard InChI is InChI=1S/C17H16N6OS/c1-11(17-18-7-8-25-17)20-15-9-14(22-23-10-19-21-16(15)23)12-3-5-13(24-2)6-4-12/h3-11,20H,1-2H3. The van der Waals surface area contributed by atoms with Crippen molar-refractivity contribution in [1.29, 1.82) is 0 Å². The van der Waals surface area contributed by atoms with Crippen LogP contribution in [0.2, 0.25) is 0 Å². The molecule has 0 aliphatic carbocycles. The summed E-state index contributed by atoms with van der Waals surface area (Å²) in [4.78, 5) is 4.36. The Kier molecular flexibility index (Phi) is 4.02. The third-order valence-electron chi connectivity index (χ3n) is 3.85. The molecule has 1 N–H and O–H groups in total. The third-order valence-corrected chi connectivity index (χ3v) is 4.81. The maximum absolute atomic E-state index is 5.22. The van der Waals surface area contributed by atoms with Crippen molar-refractivity contribution in [2.45, 2.75) is 13.0 Å². The summed E-state index contributed by atoms with van der Waals surface area (Å²) in [6, 6.07) is 9.83. The Labute approximate surface area is 148 Å². The predicted octanol–water partition coefficient (Wildman–Crippen LogP) is 3.43. The van der Waals surface area contributed by atoms with Gasteiger partial charge in [0.2, 0.25) is 5.65 Å². The number of rotatable bonds is 5. The van der Waals surface area contributed by atoms with Crippen molar-refractivity contribution >= 4 is 22.7 Å².